The Balaban J connectivity index is 1.83. The number of carbonyl (C=O) groups is 2. The van der Waals surface area contributed by atoms with Crippen LogP contribution in [0.2, 0.25) is 0 Å². The van der Waals surface area contributed by atoms with Gasteiger partial charge in [0.25, 0.3) is 5.91 Å². The van der Waals surface area contributed by atoms with Crippen molar-refractivity contribution in [3.05, 3.63) is 64.6 Å². The third kappa shape index (κ3) is 3.23. The highest BCUT2D eigenvalue weighted by Gasteiger charge is 2.14. The highest BCUT2D eigenvalue weighted by atomic mass is 16.2. The number of rotatable bonds is 4. The number of fused-ring (bicyclic) bond motifs is 1. The molecule has 0 saturated heterocycles. The molecule has 0 saturated carbocycles. The minimum atomic E-state index is -0.335. The second kappa shape index (κ2) is 6.87. The zero-order valence-corrected chi connectivity index (χ0v) is 14.9. The van der Waals surface area contributed by atoms with Crippen LogP contribution < -0.4 is 11.0 Å². The Kier molecular flexibility index (Phi) is 4.62. The van der Waals surface area contributed by atoms with Gasteiger partial charge in [0.1, 0.15) is 6.54 Å². The summed E-state index contributed by atoms with van der Waals surface area (Å²) in [5.41, 5.74) is 2.21. The molecule has 1 heterocycles. The van der Waals surface area contributed by atoms with Gasteiger partial charge in [0.15, 0.2) is 0 Å². The maximum atomic E-state index is 12.4. The highest BCUT2D eigenvalue weighted by molar-refractivity contribution is 5.97. The number of carbonyl (C=O) groups excluding carboxylic acids is 2. The zero-order chi connectivity index (χ0) is 18.8. The smallest absolute Gasteiger partial charge is 0.329 e. The number of hydrogen-bond acceptors (Lipinski definition) is 3. The molecule has 1 N–H and O–H groups in total. The van der Waals surface area contributed by atoms with E-state index in [1.807, 2.05) is 18.2 Å². The summed E-state index contributed by atoms with van der Waals surface area (Å²) in [6.07, 6.45) is 0. The van der Waals surface area contributed by atoms with Crippen molar-refractivity contribution < 1.29 is 9.59 Å². The van der Waals surface area contributed by atoms with Gasteiger partial charge in [0.05, 0.1) is 11.0 Å². The van der Waals surface area contributed by atoms with Crippen LogP contribution in [-0.2, 0) is 18.4 Å². The third-order valence-electron chi connectivity index (χ3n) is 4.15. The van der Waals surface area contributed by atoms with Crippen LogP contribution in [0.1, 0.15) is 10.4 Å². The SMILES string of the molecule is CN(C)C(=O)c1cccc(NC(=O)Cn2c(=O)n(C)c3ccccc32)c1. The lowest BCUT2D eigenvalue weighted by Gasteiger charge is -2.12. The lowest BCUT2D eigenvalue weighted by atomic mass is 10.2. The number of aryl methyl sites for hydroxylation is 1. The lowest BCUT2D eigenvalue weighted by Crippen LogP contribution is -2.28. The molecule has 1 aromatic heterocycles. The van der Waals surface area contributed by atoms with Crippen molar-refractivity contribution in [1.82, 2.24) is 14.0 Å². The standard InChI is InChI=1S/C19H20N4O3/c1-21(2)18(25)13-7-6-8-14(11-13)20-17(24)12-23-16-10-5-4-9-15(16)22(3)19(23)26/h4-11H,12H2,1-3H3,(H,20,24). The fourth-order valence-corrected chi connectivity index (χ4v) is 2.85. The summed E-state index contributed by atoms with van der Waals surface area (Å²) in [4.78, 5) is 38.3. The van der Waals surface area contributed by atoms with E-state index < -0.39 is 0 Å². The second-order valence-corrected chi connectivity index (χ2v) is 6.25. The Morgan fingerprint density at radius 2 is 1.73 bits per heavy atom. The molecule has 3 rings (SSSR count). The van der Waals surface area contributed by atoms with Crippen LogP contribution in [0.25, 0.3) is 11.0 Å². The number of para-hydroxylation sites is 2. The van der Waals surface area contributed by atoms with Crippen molar-refractivity contribution in [3.8, 4) is 0 Å². The minimum Gasteiger partial charge on any atom is -0.345 e. The molecule has 2 aromatic carbocycles. The van der Waals surface area contributed by atoms with Gasteiger partial charge in [0, 0.05) is 32.4 Å². The topological polar surface area (TPSA) is 76.3 Å². The number of aromatic nitrogens is 2. The average molecular weight is 352 g/mol. The molecule has 3 aromatic rings. The van der Waals surface area contributed by atoms with Crippen molar-refractivity contribution in [2.45, 2.75) is 6.54 Å². The predicted molar refractivity (Wildman–Crippen MR) is 100 cm³/mol. The van der Waals surface area contributed by atoms with E-state index in [9.17, 15) is 14.4 Å². The summed E-state index contributed by atoms with van der Waals surface area (Å²) in [6.45, 7) is -0.105. The predicted octanol–water partition coefficient (Wildman–Crippen LogP) is 1.68. The van der Waals surface area contributed by atoms with Gasteiger partial charge in [-0.05, 0) is 30.3 Å². The fourth-order valence-electron chi connectivity index (χ4n) is 2.85. The molecule has 0 unspecified atom stereocenters. The van der Waals surface area contributed by atoms with Gasteiger partial charge in [0.2, 0.25) is 5.91 Å². The van der Waals surface area contributed by atoms with Crippen molar-refractivity contribution in [3.63, 3.8) is 0 Å². The first-order valence-corrected chi connectivity index (χ1v) is 8.14. The number of nitrogens with one attached hydrogen (secondary N) is 1. The maximum Gasteiger partial charge on any atom is 0.329 e. The molecule has 0 aliphatic heterocycles. The summed E-state index contributed by atoms with van der Waals surface area (Å²) < 4.78 is 2.94. The molecule has 26 heavy (non-hydrogen) atoms. The van der Waals surface area contributed by atoms with Gasteiger partial charge in [-0.15, -0.1) is 0 Å². The molecule has 7 heteroatoms. The minimum absolute atomic E-state index is 0.105. The largest absolute Gasteiger partial charge is 0.345 e. The van der Waals surface area contributed by atoms with E-state index in [1.54, 1.807) is 51.5 Å². The molecule has 0 bridgehead atoms. The molecule has 0 aliphatic rings. The summed E-state index contributed by atoms with van der Waals surface area (Å²) in [5.74, 6) is -0.482. The van der Waals surface area contributed by atoms with E-state index in [0.717, 1.165) is 5.52 Å². The first-order valence-electron chi connectivity index (χ1n) is 8.14. The fraction of sp³-hybridized carbons (Fsp3) is 0.211. The molecule has 0 aliphatic carbocycles. The molecule has 0 atom stereocenters. The van der Waals surface area contributed by atoms with Gasteiger partial charge in [-0.1, -0.05) is 18.2 Å². The van der Waals surface area contributed by atoms with Gasteiger partial charge >= 0.3 is 5.69 Å². The number of nitrogens with zero attached hydrogens (tertiary/aromatic N) is 3. The Bertz CT molecular complexity index is 1050. The monoisotopic (exact) mass is 352 g/mol. The van der Waals surface area contributed by atoms with Crippen molar-refractivity contribution in [1.29, 1.82) is 0 Å². The molecule has 2 amide bonds. The van der Waals surface area contributed by atoms with Gasteiger partial charge in [-0.3, -0.25) is 18.7 Å². The van der Waals surface area contributed by atoms with E-state index >= 15 is 0 Å². The van der Waals surface area contributed by atoms with Crippen molar-refractivity contribution in [2.75, 3.05) is 19.4 Å². The van der Waals surface area contributed by atoms with E-state index in [0.29, 0.717) is 16.8 Å². The van der Waals surface area contributed by atoms with Crippen molar-refractivity contribution >= 4 is 28.5 Å². The molecule has 7 nitrogen and oxygen atoms in total. The Morgan fingerprint density at radius 3 is 2.42 bits per heavy atom. The second-order valence-electron chi connectivity index (χ2n) is 6.25. The summed E-state index contributed by atoms with van der Waals surface area (Å²) in [6, 6.07) is 14.0. The molecule has 0 radical (unpaired) electrons. The normalized spacial score (nSPS) is 10.7. The van der Waals surface area contributed by atoms with E-state index in [-0.39, 0.29) is 24.0 Å². The van der Waals surface area contributed by atoms with Crippen LogP contribution in [0, 0.1) is 0 Å². The third-order valence-corrected chi connectivity index (χ3v) is 4.15. The quantitative estimate of drug-likeness (QED) is 0.776. The number of imidazole rings is 1. The van der Waals surface area contributed by atoms with Crippen LogP contribution in [0.5, 0.6) is 0 Å². The Hall–Kier alpha value is -3.35. The lowest BCUT2D eigenvalue weighted by molar-refractivity contribution is -0.116. The Labute approximate surface area is 150 Å². The van der Waals surface area contributed by atoms with Crippen LogP contribution in [-0.4, -0.2) is 39.9 Å². The van der Waals surface area contributed by atoms with Crippen LogP contribution in [0.3, 0.4) is 0 Å². The molecule has 0 fully saturated rings. The average Bonchev–Trinajstić information content (AvgIpc) is 2.86. The molecular formula is C19H20N4O3. The van der Waals surface area contributed by atoms with Gasteiger partial charge < -0.3 is 10.2 Å². The van der Waals surface area contributed by atoms with E-state index in [2.05, 4.69) is 5.32 Å². The molecular weight excluding hydrogens is 332 g/mol. The molecule has 0 spiro atoms. The van der Waals surface area contributed by atoms with Crippen LogP contribution >= 0.6 is 0 Å². The first kappa shape index (κ1) is 17.5. The summed E-state index contributed by atoms with van der Waals surface area (Å²) >= 11 is 0. The first-order chi connectivity index (χ1) is 12.4. The summed E-state index contributed by atoms with van der Waals surface area (Å²) in [5, 5.41) is 2.75. The molecule has 134 valence electrons. The van der Waals surface area contributed by atoms with Crippen LogP contribution in [0.15, 0.2) is 53.3 Å². The van der Waals surface area contributed by atoms with Gasteiger partial charge in [-0.25, -0.2) is 4.79 Å². The number of anilines is 1. The van der Waals surface area contributed by atoms with E-state index in [1.165, 1.54) is 14.0 Å². The van der Waals surface area contributed by atoms with Crippen LogP contribution in [0.4, 0.5) is 5.69 Å². The van der Waals surface area contributed by atoms with Crippen molar-refractivity contribution in [2.24, 2.45) is 7.05 Å². The number of hydrogen-bond donors (Lipinski definition) is 1. The van der Waals surface area contributed by atoms with Gasteiger partial charge in [-0.2, -0.15) is 0 Å². The Morgan fingerprint density at radius 1 is 1.04 bits per heavy atom. The number of amides is 2. The van der Waals surface area contributed by atoms with E-state index in [4.69, 9.17) is 0 Å². The summed E-state index contributed by atoms with van der Waals surface area (Å²) in [7, 11) is 5.01. The highest BCUT2D eigenvalue weighted by Crippen LogP contribution is 2.14. The maximum absolute atomic E-state index is 12.4. The number of benzene rings is 2. The zero-order valence-electron chi connectivity index (χ0n) is 14.9.